The highest BCUT2D eigenvalue weighted by Crippen LogP contribution is 2.23. The quantitative estimate of drug-likeness (QED) is 0.592. The summed E-state index contributed by atoms with van der Waals surface area (Å²) in [6.45, 7) is 0. The average Bonchev–Trinajstić information content (AvgIpc) is 2.61. The third-order valence-electron chi connectivity index (χ3n) is 2.07. The number of aromatic hydroxyl groups is 2. The Bertz CT molecular complexity index is 531. The molecular weight excluding hydrogens is 210 g/mol. The molecule has 6 heteroatoms. The second-order valence-electron chi connectivity index (χ2n) is 3.20. The Morgan fingerprint density at radius 3 is 2.38 bits per heavy atom. The summed E-state index contributed by atoms with van der Waals surface area (Å²) >= 11 is 0. The molecule has 1 aromatic heterocycles. The number of nitrogens with two attached hydrogens (primary N) is 1. The van der Waals surface area contributed by atoms with E-state index in [4.69, 9.17) is 10.8 Å². The van der Waals surface area contributed by atoms with Crippen LogP contribution in [-0.4, -0.2) is 26.1 Å². The van der Waals surface area contributed by atoms with Crippen LogP contribution in [0.25, 0.3) is 11.4 Å². The van der Waals surface area contributed by atoms with Crippen LogP contribution in [0.4, 0.5) is 0 Å². The van der Waals surface area contributed by atoms with Crippen LogP contribution in [0, 0.1) is 0 Å². The first kappa shape index (κ1) is 10.0. The molecule has 0 aliphatic rings. The lowest BCUT2D eigenvalue weighted by Crippen LogP contribution is -2.11. The molecule has 0 bridgehead atoms. The zero-order valence-corrected chi connectivity index (χ0v) is 8.14. The van der Waals surface area contributed by atoms with E-state index in [1.165, 1.54) is 12.1 Å². The maximum atomic E-state index is 10.9. The van der Waals surface area contributed by atoms with Gasteiger partial charge in [0.2, 0.25) is 5.88 Å². The van der Waals surface area contributed by atoms with Crippen LogP contribution in [0.15, 0.2) is 24.3 Å². The number of primary amides is 1. The monoisotopic (exact) mass is 219 g/mol. The number of benzene rings is 1. The Balaban J connectivity index is 2.45. The molecule has 0 atom stereocenters. The van der Waals surface area contributed by atoms with E-state index in [2.05, 4.69) is 9.97 Å². The predicted octanol–water partition coefficient (Wildman–Crippen LogP) is 0.587. The molecule has 0 saturated carbocycles. The first-order chi connectivity index (χ1) is 7.58. The molecule has 5 N–H and O–H groups in total. The van der Waals surface area contributed by atoms with Crippen molar-refractivity contribution in [2.45, 2.75) is 0 Å². The van der Waals surface area contributed by atoms with Gasteiger partial charge < -0.3 is 20.9 Å². The molecule has 0 spiro atoms. The lowest BCUT2D eigenvalue weighted by Gasteiger charge is -1.96. The van der Waals surface area contributed by atoms with Gasteiger partial charge in [0.15, 0.2) is 5.69 Å². The third-order valence-corrected chi connectivity index (χ3v) is 2.07. The smallest absolute Gasteiger partial charge is 0.270 e. The number of hydrogen-bond acceptors (Lipinski definition) is 4. The highest BCUT2D eigenvalue weighted by Gasteiger charge is 2.14. The lowest BCUT2D eigenvalue weighted by atomic mass is 10.2. The van der Waals surface area contributed by atoms with Gasteiger partial charge in [0.1, 0.15) is 11.6 Å². The summed E-state index contributed by atoms with van der Waals surface area (Å²) in [7, 11) is 0. The van der Waals surface area contributed by atoms with Gasteiger partial charge in [-0.1, -0.05) is 0 Å². The van der Waals surface area contributed by atoms with Gasteiger partial charge >= 0.3 is 0 Å². The molecule has 1 aromatic carbocycles. The standard InChI is InChI=1S/C10H9N3O3/c11-8(15)7-10(16)13-9(12-7)5-1-3-6(14)4-2-5/h1-4,14,16H,(H2,11,15)(H,12,13). The van der Waals surface area contributed by atoms with Crippen molar-refractivity contribution >= 4 is 5.91 Å². The number of nitrogens with one attached hydrogen (secondary N) is 1. The topological polar surface area (TPSA) is 112 Å². The predicted molar refractivity (Wildman–Crippen MR) is 55.9 cm³/mol. The molecule has 2 aromatic rings. The zero-order valence-electron chi connectivity index (χ0n) is 8.14. The number of carbonyl (C=O) groups excluding carboxylic acids is 1. The van der Waals surface area contributed by atoms with Crippen molar-refractivity contribution in [3.05, 3.63) is 30.0 Å². The van der Waals surface area contributed by atoms with Crippen molar-refractivity contribution in [2.75, 3.05) is 0 Å². The van der Waals surface area contributed by atoms with Crippen molar-refractivity contribution in [1.82, 2.24) is 9.97 Å². The van der Waals surface area contributed by atoms with Gasteiger partial charge in [-0.05, 0) is 24.3 Å². The van der Waals surface area contributed by atoms with Crippen molar-refractivity contribution in [2.24, 2.45) is 5.73 Å². The van der Waals surface area contributed by atoms with Crippen LogP contribution in [0.5, 0.6) is 11.6 Å². The third kappa shape index (κ3) is 1.68. The molecule has 1 heterocycles. The van der Waals surface area contributed by atoms with Crippen molar-refractivity contribution in [3.8, 4) is 23.0 Å². The largest absolute Gasteiger partial charge is 0.508 e. The summed E-state index contributed by atoms with van der Waals surface area (Å²) in [5.74, 6) is -0.786. The Kier molecular flexibility index (Phi) is 2.24. The van der Waals surface area contributed by atoms with Crippen LogP contribution in [0.3, 0.4) is 0 Å². The van der Waals surface area contributed by atoms with E-state index in [0.29, 0.717) is 11.4 Å². The van der Waals surface area contributed by atoms with Crippen LogP contribution < -0.4 is 5.73 Å². The molecule has 6 nitrogen and oxygen atoms in total. The Morgan fingerprint density at radius 1 is 1.25 bits per heavy atom. The molecule has 2 rings (SSSR count). The van der Waals surface area contributed by atoms with Gasteiger partial charge in [0, 0.05) is 5.56 Å². The zero-order chi connectivity index (χ0) is 11.7. The molecule has 0 unspecified atom stereocenters. The van der Waals surface area contributed by atoms with E-state index < -0.39 is 11.8 Å². The molecule has 0 fully saturated rings. The number of carbonyl (C=O) groups is 1. The number of amides is 1. The fourth-order valence-corrected chi connectivity index (χ4v) is 1.29. The normalized spacial score (nSPS) is 10.2. The molecule has 0 radical (unpaired) electrons. The van der Waals surface area contributed by atoms with Gasteiger partial charge in [-0.15, -0.1) is 0 Å². The van der Waals surface area contributed by atoms with E-state index >= 15 is 0 Å². The molecule has 0 saturated heterocycles. The minimum atomic E-state index is -0.782. The molecule has 16 heavy (non-hydrogen) atoms. The highest BCUT2D eigenvalue weighted by molar-refractivity contribution is 5.93. The van der Waals surface area contributed by atoms with Crippen LogP contribution in [0.1, 0.15) is 10.5 Å². The number of phenolic OH excluding ortho intramolecular Hbond substituents is 1. The Morgan fingerprint density at radius 2 is 1.88 bits per heavy atom. The maximum Gasteiger partial charge on any atom is 0.270 e. The van der Waals surface area contributed by atoms with Gasteiger partial charge in [-0.3, -0.25) is 4.79 Å². The van der Waals surface area contributed by atoms with Gasteiger partial charge in [0.05, 0.1) is 0 Å². The molecule has 0 aliphatic heterocycles. The van der Waals surface area contributed by atoms with Gasteiger partial charge in [-0.25, -0.2) is 0 Å². The Labute approximate surface area is 90.4 Å². The highest BCUT2D eigenvalue weighted by atomic mass is 16.3. The number of H-pyrrole nitrogens is 1. The Hall–Kier alpha value is -2.50. The van der Waals surface area contributed by atoms with Gasteiger partial charge in [-0.2, -0.15) is 4.98 Å². The summed E-state index contributed by atoms with van der Waals surface area (Å²) in [5.41, 5.74) is 5.51. The summed E-state index contributed by atoms with van der Waals surface area (Å²) in [6, 6.07) is 6.13. The number of aromatic nitrogens is 2. The van der Waals surface area contributed by atoms with E-state index in [-0.39, 0.29) is 11.4 Å². The average molecular weight is 219 g/mol. The van der Waals surface area contributed by atoms with Crippen molar-refractivity contribution in [1.29, 1.82) is 0 Å². The minimum Gasteiger partial charge on any atom is -0.508 e. The second kappa shape index (κ2) is 3.58. The summed E-state index contributed by atoms with van der Waals surface area (Å²) < 4.78 is 0. The molecule has 82 valence electrons. The fourth-order valence-electron chi connectivity index (χ4n) is 1.29. The number of hydrogen-bond donors (Lipinski definition) is 4. The van der Waals surface area contributed by atoms with E-state index in [0.717, 1.165) is 0 Å². The number of rotatable bonds is 2. The number of nitrogens with zero attached hydrogens (tertiary/aromatic N) is 1. The minimum absolute atomic E-state index is 0.120. The molecular formula is C10H9N3O3. The summed E-state index contributed by atoms with van der Waals surface area (Å²) in [5, 5.41) is 18.4. The maximum absolute atomic E-state index is 10.9. The molecule has 0 aliphatic carbocycles. The summed E-state index contributed by atoms with van der Waals surface area (Å²) in [4.78, 5) is 17.2. The number of phenols is 1. The lowest BCUT2D eigenvalue weighted by molar-refractivity contribution is 0.0993. The van der Waals surface area contributed by atoms with E-state index in [9.17, 15) is 9.90 Å². The number of aromatic amines is 1. The second-order valence-corrected chi connectivity index (χ2v) is 3.20. The first-order valence-corrected chi connectivity index (χ1v) is 4.46. The van der Waals surface area contributed by atoms with E-state index in [1.54, 1.807) is 12.1 Å². The first-order valence-electron chi connectivity index (χ1n) is 4.46. The van der Waals surface area contributed by atoms with Gasteiger partial charge in [0.25, 0.3) is 5.91 Å². The number of imidazole rings is 1. The van der Waals surface area contributed by atoms with Crippen molar-refractivity contribution in [3.63, 3.8) is 0 Å². The SMILES string of the molecule is NC(=O)c1[nH]c(-c2ccc(O)cc2)nc1O. The van der Waals surface area contributed by atoms with Crippen molar-refractivity contribution < 1.29 is 15.0 Å². The van der Waals surface area contributed by atoms with Crippen LogP contribution in [-0.2, 0) is 0 Å². The fraction of sp³-hybridized carbons (Fsp3) is 0. The van der Waals surface area contributed by atoms with Crippen LogP contribution in [0.2, 0.25) is 0 Å². The van der Waals surface area contributed by atoms with Crippen LogP contribution >= 0.6 is 0 Å². The summed E-state index contributed by atoms with van der Waals surface area (Å²) in [6.07, 6.45) is 0. The molecule has 1 amide bonds. The van der Waals surface area contributed by atoms with E-state index in [1.807, 2.05) is 0 Å².